The van der Waals surface area contributed by atoms with Gasteiger partial charge >= 0.3 is 0 Å². The van der Waals surface area contributed by atoms with E-state index in [9.17, 15) is 4.79 Å². The van der Waals surface area contributed by atoms with Gasteiger partial charge in [0.05, 0.1) is 9.21 Å². The Bertz CT molecular complexity index is 565. The van der Waals surface area contributed by atoms with Gasteiger partial charge in [-0.2, -0.15) is 0 Å². The quantitative estimate of drug-likeness (QED) is 0.833. The lowest BCUT2D eigenvalue weighted by Crippen LogP contribution is -2.11. The molecule has 5 heteroatoms. The van der Waals surface area contributed by atoms with E-state index in [-0.39, 0.29) is 19.0 Å². The molecule has 0 bridgehead atoms. The van der Waals surface area contributed by atoms with Crippen molar-refractivity contribution in [3.63, 3.8) is 0 Å². The van der Waals surface area contributed by atoms with Gasteiger partial charge in [-0.3, -0.25) is 4.79 Å². The molecule has 1 N–H and O–H groups in total. The van der Waals surface area contributed by atoms with Crippen LogP contribution < -0.4 is 4.74 Å². The molecule has 1 aromatic heterocycles. The van der Waals surface area contributed by atoms with Gasteiger partial charge in [-0.25, -0.2) is 0 Å². The van der Waals surface area contributed by atoms with E-state index < -0.39 is 0 Å². The molecular formula is C14H13ClO3S. The fourth-order valence-corrected chi connectivity index (χ4v) is 2.62. The Balaban J connectivity index is 2.00. The van der Waals surface area contributed by atoms with Crippen LogP contribution in [-0.2, 0) is 6.42 Å². The van der Waals surface area contributed by atoms with Crippen molar-refractivity contribution in [3.8, 4) is 5.75 Å². The number of rotatable bonds is 6. The van der Waals surface area contributed by atoms with Gasteiger partial charge < -0.3 is 9.84 Å². The van der Waals surface area contributed by atoms with Crippen LogP contribution in [0.2, 0.25) is 4.34 Å². The summed E-state index contributed by atoms with van der Waals surface area (Å²) < 4.78 is 6.11. The van der Waals surface area contributed by atoms with E-state index >= 15 is 0 Å². The Hall–Kier alpha value is -1.36. The number of hydrogen-bond donors (Lipinski definition) is 1. The highest BCUT2D eigenvalue weighted by Crippen LogP contribution is 2.23. The van der Waals surface area contributed by atoms with Crippen LogP contribution in [0.15, 0.2) is 36.4 Å². The summed E-state index contributed by atoms with van der Waals surface area (Å²) in [6, 6.07) is 10.8. The lowest BCUT2D eigenvalue weighted by molar-refractivity contribution is 0.0925. The molecule has 100 valence electrons. The minimum atomic E-state index is -0.101. The number of benzene rings is 1. The van der Waals surface area contributed by atoms with Gasteiger partial charge in [0.1, 0.15) is 5.75 Å². The van der Waals surface area contributed by atoms with Crippen molar-refractivity contribution in [2.24, 2.45) is 0 Å². The number of ether oxygens (including phenoxy) is 1. The molecule has 1 heterocycles. The van der Waals surface area contributed by atoms with Gasteiger partial charge in [0.25, 0.3) is 0 Å². The number of carbonyl (C=O) groups excluding carboxylic acids is 1. The zero-order valence-corrected chi connectivity index (χ0v) is 11.7. The molecule has 0 aliphatic heterocycles. The Morgan fingerprint density at radius 3 is 2.74 bits per heavy atom. The zero-order chi connectivity index (χ0) is 13.7. The molecule has 0 spiro atoms. The molecule has 0 aliphatic carbocycles. The molecule has 0 atom stereocenters. The van der Waals surface area contributed by atoms with Crippen molar-refractivity contribution < 1.29 is 14.6 Å². The van der Waals surface area contributed by atoms with Crippen LogP contribution in [0, 0.1) is 0 Å². The molecule has 3 nitrogen and oxygen atoms in total. The highest BCUT2D eigenvalue weighted by Gasteiger charge is 2.11. The lowest BCUT2D eigenvalue weighted by atomic mass is 10.1. The number of ketones is 1. The molecule has 0 saturated heterocycles. The summed E-state index contributed by atoms with van der Waals surface area (Å²) in [6.07, 6.45) is 0.509. The Kier molecular flexibility index (Phi) is 4.96. The van der Waals surface area contributed by atoms with Crippen LogP contribution in [0.4, 0.5) is 0 Å². The van der Waals surface area contributed by atoms with Gasteiger partial charge in [0.15, 0.2) is 6.61 Å². The highest BCUT2D eigenvalue weighted by atomic mass is 35.5. The van der Waals surface area contributed by atoms with Crippen LogP contribution in [0.1, 0.15) is 15.2 Å². The third-order valence-corrected chi connectivity index (χ3v) is 3.83. The predicted molar refractivity (Wildman–Crippen MR) is 76.4 cm³/mol. The number of hydrogen-bond acceptors (Lipinski definition) is 4. The lowest BCUT2D eigenvalue weighted by Gasteiger charge is -2.09. The first-order valence-corrected chi connectivity index (χ1v) is 7.00. The predicted octanol–water partition coefficient (Wildman–Crippen LogP) is 3.20. The Labute approximate surface area is 120 Å². The number of carbonyl (C=O) groups is 1. The molecule has 0 aliphatic rings. The van der Waals surface area contributed by atoms with Crippen molar-refractivity contribution in [1.29, 1.82) is 0 Å². The molecule has 0 fully saturated rings. The molecule has 2 rings (SSSR count). The van der Waals surface area contributed by atoms with E-state index in [0.29, 0.717) is 21.4 Å². The minimum Gasteiger partial charge on any atom is -0.485 e. The molecule has 2 aromatic rings. The maximum atomic E-state index is 11.9. The Morgan fingerprint density at radius 2 is 2.05 bits per heavy atom. The van der Waals surface area contributed by atoms with Gasteiger partial charge in [-0.05, 0) is 30.2 Å². The molecule has 0 saturated carbocycles. The highest BCUT2D eigenvalue weighted by molar-refractivity contribution is 7.18. The normalized spacial score (nSPS) is 10.4. The summed E-state index contributed by atoms with van der Waals surface area (Å²) in [5.74, 6) is 0.531. The average molecular weight is 297 g/mol. The van der Waals surface area contributed by atoms with Gasteiger partial charge in [0.2, 0.25) is 5.78 Å². The van der Waals surface area contributed by atoms with E-state index in [4.69, 9.17) is 21.4 Å². The fourth-order valence-electron chi connectivity index (χ4n) is 1.65. The standard InChI is InChI=1S/C14H13ClO3S/c15-14-6-5-13(19-14)11(17)9-18-12-4-2-1-3-10(12)7-8-16/h1-6,16H,7-9H2. The van der Waals surface area contributed by atoms with Crippen LogP contribution in [0.3, 0.4) is 0 Å². The summed E-state index contributed by atoms with van der Waals surface area (Å²) in [4.78, 5) is 12.5. The molecule has 0 amide bonds. The third kappa shape index (κ3) is 3.80. The summed E-state index contributed by atoms with van der Waals surface area (Å²) in [7, 11) is 0. The van der Waals surface area contributed by atoms with Crippen molar-refractivity contribution >= 4 is 28.7 Å². The molecule has 0 radical (unpaired) electrons. The van der Waals surface area contributed by atoms with Crippen molar-refractivity contribution in [2.75, 3.05) is 13.2 Å². The van der Waals surface area contributed by atoms with Gasteiger partial charge in [-0.15, -0.1) is 11.3 Å². The zero-order valence-electron chi connectivity index (χ0n) is 10.1. The fraction of sp³-hybridized carbons (Fsp3) is 0.214. The van der Waals surface area contributed by atoms with Gasteiger partial charge in [0, 0.05) is 6.61 Å². The number of aliphatic hydroxyl groups excluding tert-OH is 1. The van der Waals surface area contributed by atoms with E-state index in [1.807, 2.05) is 18.2 Å². The summed E-state index contributed by atoms with van der Waals surface area (Å²) >= 11 is 7.03. The summed E-state index contributed by atoms with van der Waals surface area (Å²) in [5.41, 5.74) is 0.891. The summed E-state index contributed by atoms with van der Waals surface area (Å²) in [6.45, 7) is 0.0220. The van der Waals surface area contributed by atoms with E-state index in [1.165, 1.54) is 11.3 Å². The molecule has 19 heavy (non-hydrogen) atoms. The first kappa shape index (κ1) is 14.1. The number of halogens is 1. The topological polar surface area (TPSA) is 46.5 Å². The smallest absolute Gasteiger partial charge is 0.210 e. The average Bonchev–Trinajstić information content (AvgIpc) is 2.84. The molecular weight excluding hydrogens is 284 g/mol. The number of aliphatic hydroxyl groups is 1. The van der Waals surface area contributed by atoms with Crippen LogP contribution in [0.25, 0.3) is 0 Å². The van der Waals surface area contributed by atoms with Crippen LogP contribution in [0.5, 0.6) is 5.75 Å². The maximum absolute atomic E-state index is 11.9. The first-order valence-electron chi connectivity index (χ1n) is 5.81. The monoisotopic (exact) mass is 296 g/mol. The van der Waals surface area contributed by atoms with Crippen molar-refractivity contribution in [3.05, 3.63) is 51.2 Å². The number of Topliss-reactive ketones (excluding diaryl/α,β-unsaturated/α-hetero) is 1. The first-order chi connectivity index (χ1) is 9.20. The number of thiophene rings is 1. The second-order valence-corrected chi connectivity index (χ2v) is 5.61. The second kappa shape index (κ2) is 6.70. The van der Waals surface area contributed by atoms with Crippen molar-refractivity contribution in [1.82, 2.24) is 0 Å². The van der Waals surface area contributed by atoms with E-state index in [2.05, 4.69) is 0 Å². The minimum absolute atomic E-state index is 0.0285. The maximum Gasteiger partial charge on any atom is 0.210 e. The Morgan fingerprint density at radius 1 is 1.26 bits per heavy atom. The molecule has 0 unspecified atom stereocenters. The largest absolute Gasteiger partial charge is 0.485 e. The van der Waals surface area contributed by atoms with E-state index in [0.717, 1.165) is 5.56 Å². The van der Waals surface area contributed by atoms with Crippen LogP contribution in [-0.4, -0.2) is 24.1 Å². The van der Waals surface area contributed by atoms with Crippen LogP contribution >= 0.6 is 22.9 Å². The SMILES string of the molecule is O=C(COc1ccccc1CCO)c1ccc(Cl)s1. The third-order valence-electron chi connectivity index (χ3n) is 2.56. The number of para-hydroxylation sites is 1. The second-order valence-electron chi connectivity index (χ2n) is 3.90. The molecule has 1 aromatic carbocycles. The van der Waals surface area contributed by atoms with E-state index in [1.54, 1.807) is 18.2 Å². The van der Waals surface area contributed by atoms with Gasteiger partial charge in [-0.1, -0.05) is 29.8 Å². The summed E-state index contributed by atoms with van der Waals surface area (Å²) in [5, 5.41) is 8.97. The van der Waals surface area contributed by atoms with Crippen molar-refractivity contribution in [2.45, 2.75) is 6.42 Å².